The minimum absolute atomic E-state index is 0.00259. The second-order valence-corrected chi connectivity index (χ2v) is 8.06. The molecule has 2 saturated carbocycles. The number of hydrogen-bond acceptors (Lipinski definition) is 5. The van der Waals surface area contributed by atoms with Crippen LogP contribution in [-0.4, -0.2) is 42.3 Å². The molecule has 150 valence electrons. The SMILES string of the molecule is CCCCCCCC(=O)[C@@H]1CC[C@H]2C[C@@H](OCCCC(=O)OC)C[C@]21O. The van der Waals surface area contributed by atoms with Gasteiger partial charge in [0.05, 0.1) is 18.8 Å². The number of fused-ring (bicyclic) bond motifs is 1. The maximum atomic E-state index is 12.6. The monoisotopic (exact) mass is 368 g/mol. The first-order valence-electron chi connectivity index (χ1n) is 10.4. The smallest absolute Gasteiger partial charge is 0.305 e. The molecule has 0 spiro atoms. The lowest BCUT2D eigenvalue weighted by Crippen LogP contribution is -2.40. The zero-order valence-electron chi connectivity index (χ0n) is 16.5. The van der Waals surface area contributed by atoms with Gasteiger partial charge in [-0.25, -0.2) is 0 Å². The summed E-state index contributed by atoms with van der Waals surface area (Å²) in [4.78, 5) is 23.8. The summed E-state index contributed by atoms with van der Waals surface area (Å²) in [6, 6.07) is 0. The largest absolute Gasteiger partial charge is 0.469 e. The molecule has 2 fully saturated rings. The second kappa shape index (κ2) is 10.4. The molecule has 0 aromatic carbocycles. The van der Waals surface area contributed by atoms with Crippen molar-refractivity contribution in [3.8, 4) is 0 Å². The average Bonchev–Trinajstić information content (AvgIpc) is 3.10. The highest BCUT2D eigenvalue weighted by Gasteiger charge is 2.56. The van der Waals surface area contributed by atoms with Crippen molar-refractivity contribution >= 4 is 11.8 Å². The van der Waals surface area contributed by atoms with E-state index in [2.05, 4.69) is 11.7 Å². The van der Waals surface area contributed by atoms with Crippen molar-refractivity contribution in [3.05, 3.63) is 0 Å². The summed E-state index contributed by atoms with van der Waals surface area (Å²) in [6.07, 6.45) is 10.4. The van der Waals surface area contributed by atoms with Crippen LogP contribution in [0.3, 0.4) is 0 Å². The first-order valence-corrected chi connectivity index (χ1v) is 10.4. The van der Waals surface area contributed by atoms with Crippen LogP contribution in [0.4, 0.5) is 0 Å². The maximum Gasteiger partial charge on any atom is 0.305 e. The van der Waals surface area contributed by atoms with Gasteiger partial charge in [-0.05, 0) is 38.0 Å². The molecule has 5 heteroatoms. The molecule has 0 aromatic rings. The Bertz CT molecular complexity index is 463. The van der Waals surface area contributed by atoms with Crippen molar-refractivity contribution in [3.63, 3.8) is 0 Å². The van der Waals surface area contributed by atoms with E-state index in [0.717, 1.165) is 32.1 Å². The fraction of sp³-hybridized carbons (Fsp3) is 0.905. The summed E-state index contributed by atoms with van der Waals surface area (Å²) >= 11 is 0. The van der Waals surface area contributed by atoms with Crippen LogP contribution in [0.1, 0.15) is 84.0 Å². The fourth-order valence-electron chi connectivity index (χ4n) is 4.76. The summed E-state index contributed by atoms with van der Waals surface area (Å²) in [5.41, 5.74) is -0.868. The molecule has 0 aliphatic heterocycles. The topological polar surface area (TPSA) is 72.8 Å². The molecule has 26 heavy (non-hydrogen) atoms. The Morgan fingerprint density at radius 2 is 1.85 bits per heavy atom. The molecule has 0 unspecified atom stereocenters. The van der Waals surface area contributed by atoms with Crippen molar-refractivity contribution < 1.29 is 24.2 Å². The van der Waals surface area contributed by atoms with Gasteiger partial charge in [-0.1, -0.05) is 32.6 Å². The van der Waals surface area contributed by atoms with E-state index < -0.39 is 5.60 Å². The van der Waals surface area contributed by atoms with Gasteiger partial charge < -0.3 is 14.6 Å². The Morgan fingerprint density at radius 3 is 2.58 bits per heavy atom. The number of carbonyl (C=O) groups excluding carboxylic acids is 2. The summed E-state index contributed by atoms with van der Waals surface area (Å²) in [6.45, 7) is 2.69. The Morgan fingerprint density at radius 1 is 1.08 bits per heavy atom. The molecule has 2 aliphatic carbocycles. The summed E-state index contributed by atoms with van der Waals surface area (Å²) in [5.74, 6) is 0.00227. The minimum atomic E-state index is -0.868. The summed E-state index contributed by atoms with van der Waals surface area (Å²) < 4.78 is 10.5. The molecule has 0 saturated heterocycles. The van der Waals surface area contributed by atoms with E-state index in [1.165, 1.54) is 26.4 Å². The van der Waals surface area contributed by atoms with Crippen molar-refractivity contribution in [1.29, 1.82) is 0 Å². The van der Waals surface area contributed by atoms with E-state index in [0.29, 0.717) is 32.3 Å². The first-order chi connectivity index (χ1) is 12.5. The molecule has 5 nitrogen and oxygen atoms in total. The number of methoxy groups -OCH3 is 1. The second-order valence-electron chi connectivity index (χ2n) is 8.06. The van der Waals surface area contributed by atoms with Crippen LogP contribution in [0.25, 0.3) is 0 Å². The molecule has 2 rings (SSSR count). The van der Waals surface area contributed by atoms with E-state index in [-0.39, 0.29) is 29.7 Å². The van der Waals surface area contributed by atoms with E-state index in [4.69, 9.17) is 4.74 Å². The van der Waals surface area contributed by atoms with E-state index in [1.54, 1.807) is 0 Å². The quantitative estimate of drug-likeness (QED) is 0.419. The predicted octanol–water partition coefficient (Wildman–Crippen LogP) is 3.81. The molecule has 4 atom stereocenters. The third-order valence-corrected chi connectivity index (χ3v) is 6.24. The fourth-order valence-corrected chi connectivity index (χ4v) is 4.76. The number of rotatable bonds is 12. The highest BCUT2D eigenvalue weighted by molar-refractivity contribution is 5.82. The molecule has 0 heterocycles. The van der Waals surface area contributed by atoms with Crippen LogP contribution in [0.15, 0.2) is 0 Å². The Kier molecular flexibility index (Phi) is 8.55. The molecule has 0 aromatic heterocycles. The van der Waals surface area contributed by atoms with Gasteiger partial charge in [0.15, 0.2) is 0 Å². The molecule has 2 aliphatic rings. The molecule has 0 bridgehead atoms. The lowest BCUT2D eigenvalue weighted by Gasteiger charge is -2.29. The van der Waals surface area contributed by atoms with Gasteiger partial charge in [0.25, 0.3) is 0 Å². The Hall–Kier alpha value is -0.940. The minimum Gasteiger partial charge on any atom is -0.469 e. The predicted molar refractivity (Wildman–Crippen MR) is 99.8 cm³/mol. The number of unbranched alkanes of at least 4 members (excludes halogenated alkanes) is 4. The van der Waals surface area contributed by atoms with Gasteiger partial charge >= 0.3 is 5.97 Å². The Labute approximate surface area is 157 Å². The molecule has 0 radical (unpaired) electrons. The molecular formula is C21H36O5. The number of ether oxygens (including phenoxy) is 2. The third-order valence-electron chi connectivity index (χ3n) is 6.24. The average molecular weight is 369 g/mol. The Balaban J connectivity index is 1.73. The lowest BCUT2D eigenvalue weighted by molar-refractivity contribution is -0.141. The van der Waals surface area contributed by atoms with E-state index in [1.807, 2.05) is 0 Å². The zero-order valence-corrected chi connectivity index (χ0v) is 16.5. The highest BCUT2D eigenvalue weighted by atomic mass is 16.5. The molecule has 1 N–H and O–H groups in total. The van der Waals surface area contributed by atoms with Gasteiger partial charge in [0, 0.05) is 31.8 Å². The molecule has 0 amide bonds. The van der Waals surface area contributed by atoms with Gasteiger partial charge in [0.2, 0.25) is 0 Å². The lowest BCUT2D eigenvalue weighted by atomic mass is 9.82. The van der Waals surface area contributed by atoms with Crippen LogP contribution >= 0.6 is 0 Å². The van der Waals surface area contributed by atoms with Crippen LogP contribution in [0.2, 0.25) is 0 Å². The van der Waals surface area contributed by atoms with Crippen molar-refractivity contribution in [2.45, 2.75) is 95.7 Å². The van der Waals surface area contributed by atoms with E-state index >= 15 is 0 Å². The standard InChI is InChI=1S/C21H36O5/c1-3-4-5-6-7-9-19(22)18-12-11-16-14-17(15-21(16,18)24)26-13-8-10-20(23)25-2/h16-18,24H,3-15H2,1-2H3/t16-,17+,18-,21-/m0/s1. The van der Waals surface area contributed by atoms with Gasteiger partial charge in [-0.3, -0.25) is 9.59 Å². The van der Waals surface area contributed by atoms with Crippen molar-refractivity contribution in [2.75, 3.05) is 13.7 Å². The number of ketones is 1. The number of carbonyl (C=O) groups is 2. The van der Waals surface area contributed by atoms with Gasteiger partial charge in [-0.2, -0.15) is 0 Å². The van der Waals surface area contributed by atoms with E-state index in [9.17, 15) is 14.7 Å². The number of hydrogen-bond donors (Lipinski definition) is 1. The molecular weight excluding hydrogens is 332 g/mol. The normalized spacial score (nSPS) is 30.3. The van der Waals surface area contributed by atoms with Crippen LogP contribution in [0.5, 0.6) is 0 Å². The number of esters is 1. The van der Waals surface area contributed by atoms with Crippen LogP contribution < -0.4 is 0 Å². The summed E-state index contributed by atoms with van der Waals surface area (Å²) in [5, 5.41) is 11.2. The van der Waals surface area contributed by atoms with Crippen molar-refractivity contribution in [2.24, 2.45) is 11.8 Å². The van der Waals surface area contributed by atoms with Crippen molar-refractivity contribution in [1.82, 2.24) is 0 Å². The maximum absolute atomic E-state index is 12.6. The van der Waals surface area contributed by atoms with Crippen LogP contribution in [0, 0.1) is 11.8 Å². The van der Waals surface area contributed by atoms with Gasteiger partial charge in [0.1, 0.15) is 5.78 Å². The van der Waals surface area contributed by atoms with Crippen LogP contribution in [-0.2, 0) is 19.1 Å². The number of aliphatic hydroxyl groups is 1. The zero-order chi connectivity index (χ0) is 19.0. The van der Waals surface area contributed by atoms with Gasteiger partial charge in [-0.15, -0.1) is 0 Å². The summed E-state index contributed by atoms with van der Waals surface area (Å²) in [7, 11) is 1.39. The highest BCUT2D eigenvalue weighted by Crippen LogP contribution is 2.52. The first kappa shape index (κ1) is 21.4. The number of Topliss-reactive ketones (excluding diaryl/α,β-unsaturated/α-hetero) is 1. The third kappa shape index (κ3) is 5.53.